The maximum absolute atomic E-state index is 11.9. The van der Waals surface area contributed by atoms with Crippen LogP contribution in [0.2, 0.25) is 0 Å². The average molecular weight is 343 g/mol. The number of amides is 2. The van der Waals surface area contributed by atoms with Crippen molar-refractivity contribution >= 4 is 33.1 Å². The summed E-state index contributed by atoms with van der Waals surface area (Å²) in [6.07, 6.45) is 0.808. The van der Waals surface area contributed by atoms with Crippen molar-refractivity contribution in [2.24, 2.45) is 7.05 Å². The predicted octanol–water partition coefficient (Wildman–Crippen LogP) is 2.46. The smallest absolute Gasteiger partial charge is 0.319 e. The van der Waals surface area contributed by atoms with Gasteiger partial charge >= 0.3 is 6.03 Å². The molecule has 0 saturated heterocycles. The number of hydrogen-bond acceptors (Lipinski definition) is 4. The highest BCUT2D eigenvalue weighted by atomic mass is 32.1. The van der Waals surface area contributed by atoms with Crippen LogP contribution >= 0.6 is 11.3 Å². The molecule has 6 nitrogen and oxygen atoms in total. The molecular formula is C17H17N3O3S. The Balaban J connectivity index is 1.61. The highest BCUT2D eigenvalue weighted by Gasteiger charge is 2.13. The van der Waals surface area contributed by atoms with Crippen LogP contribution in [0.25, 0.3) is 10.1 Å². The summed E-state index contributed by atoms with van der Waals surface area (Å²) in [7, 11) is 1.61. The van der Waals surface area contributed by atoms with Crippen molar-refractivity contribution in [3.05, 3.63) is 63.9 Å². The molecule has 3 rings (SSSR count). The lowest BCUT2D eigenvalue weighted by Crippen LogP contribution is -2.34. The van der Waals surface area contributed by atoms with Gasteiger partial charge in [0.1, 0.15) is 11.8 Å². The van der Waals surface area contributed by atoms with Crippen molar-refractivity contribution < 1.29 is 9.90 Å². The van der Waals surface area contributed by atoms with Gasteiger partial charge in [0.2, 0.25) is 0 Å². The Kier molecular flexibility index (Phi) is 4.64. The molecule has 2 heterocycles. The minimum Gasteiger partial charge on any atom is -0.386 e. The van der Waals surface area contributed by atoms with Crippen molar-refractivity contribution in [2.75, 3.05) is 11.9 Å². The first kappa shape index (κ1) is 16.2. The molecule has 0 fully saturated rings. The maximum atomic E-state index is 11.9. The van der Waals surface area contributed by atoms with Gasteiger partial charge in [0.05, 0.1) is 6.54 Å². The Morgan fingerprint density at radius 3 is 2.88 bits per heavy atom. The second-order valence-corrected chi connectivity index (χ2v) is 6.49. The van der Waals surface area contributed by atoms with Crippen LogP contribution in [0, 0.1) is 0 Å². The number of benzene rings is 1. The molecule has 1 aromatic carbocycles. The molecule has 3 N–H and O–H groups in total. The molecule has 0 bridgehead atoms. The Bertz CT molecular complexity index is 899. The van der Waals surface area contributed by atoms with Gasteiger partial charge in [-0.1, -0.05) is 18.2 Å². The van der Waals surface area contributed by atoms with Crippen molar-refractivity contribution in [1.82, 2.24) is 9.88 Å². The summed E-state index contributed by atoms with van der Waals surface area (Å²) in [5, 5.41) is 16.4. The predicted molar refractivity (Wildman–Crippen MR) is 95.5 cm³/mol. The molecule has 0 aliphatic carbocycles. The third-order valence-corrected chi connectivity index (χ3v) is 4.82. The molecule has 1 unspecified atom stereocenters. The van der Waals surface area contributed by atoms with E-state index >= 15 is 0 Å². The summed E-state index contributed by atoms with van der Waals surface area (Å²) in [6, 6.07) is 12.4. The number of nitrogens with one attached hydrogen (secondary N) is 2. The number of hydrogen-bond donors (Lipinski definition) is 3. The molecule has 0 radical (unpaired) electrons. The van der Waals surface area contributed by atoms with Crippen LogP contribution in [0.5, 0.6) is 0 Å². The van der Waals surface area contributed by atoms with Crippen LogP contribution < -0.4 is 16.2 Å². The summed E-state index contributed by atoms with van der Waals surface area (Å²) >= 11 is 1.49. The number of aryl methyl sites for hydroxylation is 1. The molecule has 0 saturated carbocycles. The number of aliphatic hydroxyl groups is 1. The molecule has 24 heavy (non-hydrogen) atoms. The van der Waals surface area contributed by atoms with E-state index in [9.17, 15) is 14.7 Å². The number of aliphatic hydroxyl groups excluding tert-OH is 1. The van der Waals surface area contributed by atoms with E-state index in [0.29, 0.717) is 0 Å². The molecule has 0 spiro atoms. The number of carbonyl (C=O) groups is 1. The highest BCUT2D eigenvalue weighted by molar-refractivity contribution is 7.19. The van der Waals surface area contributed by atoms with E-state index in [4.69, 9.17) is 0 Å². The van der Waals surface area contributed by atoms with Crippen LogP contribution in [-0.2, 0) is 7.05 Å². The van der Waals surface area contributed by atoms with Crippen LogP contribution in [0.4, 0.5) is 10.5 Å². The van der Waals surface area contributed by atoms with Crippen LogP contribution in [0.3, 0.4) is 0 Å². The number of fused-ring (bicyclic) bond motifs is 1. The zero-order valence-electron chi connectivity index (χ0n) is 13.0. The zero-order chi connectivity index (χ0) is 17.1. The SMILES string of the molecule is Cn1cccc(NC(=O)NCC(O)c2cc3ccccc3s2)c1=O. The molecule has 2 amide bonds. The van der Waals surface area contributed by atoms with Gasteiger partial charge in [-0.15, -0.1) is 11.3 Å². The summed E-state index contributed by atoms with van der Waals surface area (Å²) in [6.45, 7) is 0.0613. The third-order valence-electron chi connectivity index (χ3n) is 3.60. The normalized spacial score (nSPS) is 12.1. The molecule has 3 aromatic rings. The molecule has 2 aromatic heterocycles. The number of nitrogens with zero attached hydrogens (tertiary/aromatic N) is 1. The highest BCUT2D eigenvalue weighted by Crippen LogP contribution is 2.29. The minimum atomic E-state index is -0.799. The van der Waals surface area contributed by atoms with E-state index in [1.807, 2.05) is 30.3 Å². The fraction of sp³-hybridized carbons (Fsp3) is 0.176. The number of pyridine rings is 1. The molecule has 124 valence electrons. The first-order valence-corrected chi connectivity index (χ1v) is 8.23. The lowest BCUT2D eigenvalue weighted by Gasteiger charge is -2.11. The number of thiophene rings is 1. The minimum absolute atomic E-state index is 0.0613. The number of anilines is 1. The van der Waals surface area contributed by atoms with Gasteiger partial charge in [0, 0.05) is 22.8 Å². The monoisotopic (exact) mass is 343 g/mol. The molecule has 7 heteroatoms. The van der Waals surface area contributed by atoms with Gasteiger partial charge in [0.25, 0.3) is 5.56 Å². The number of carbonyl (C=O) groups excluding carboxylic acids is 1. The average Bonchev–Trinajstić information content (AvgIpc) is 3.01. The Morgan fingerprint density at radius 1 is 1.29 bits per heavy atom. The van der Waals surface area contributed by atoms with Crippen LogP contribution in [-0.4, -0.2) is 22.2 Å². The van der Waals surface area contributed by atoms with Gasteiger partial charge < -0.3 is 20.3 Å². The van der Waals surface area contributed by atoms with Gasteiger partial charge in [-0.2, -0.15) is 0 Å². The molecule has 0 aliphatic rings. The molecular weight excluding hydrogens is 326 g/mol. The summed E-state index contributed by atoms with van der Waals surface area (Å²) in [5.74, 6) is 0. The second-order valence-electron chi connectivity index (χ2n) is 5.38. The standard InChI is InChI=1S/C17H17N3O3S/c1-20-8-4-6-12(16(20)22)19-17(23)18-10-13(21)15-9-11-5-2-3-7-14(11)24-15/h2-9,13,21H,10H2,1H3,(H2,18,19,23). The van der Waals surface area contributed by atoms with Crippen molar-refractivity contribution in [1.29, 1.82) is 0 Å². The first-order valence-electron chi connectivity index (χ1n) is 7.41. The van der Waals surface area contributed by atoms with Gasteiger partial charge in [-0.05, 0) is 29.7 Å². The van der Waals surface area contributed by atoms with Crippen molar-refractivity contribution in [2.45, 2.75) is 6.10 Å². The largest absolute Gasteiger partial charge is 0.386 e. The van der Waals surface area contributed by atoms with Gasteiger partial charge in [-0.25, -0.2) is 4.79 Å². The molecule has 1 atom stereocenters. The maximum Gasteiger partial charge on any atom is 0.319 e. The summed E-state index contributed by atoms with van der Waals surface area (Å²) < 4.78 is 2.46. The molecule has 0 aliphatic heterocycles. The lowest BCUT2D eigenvalue weighted by atomic mass is 10.2. The Hall–Kier alpha value is -2.64. The number of aromatic nitrogens is 1. The van der Waals surface area contributed by atoms with E-state index < -0.39 is 12.1 Å². The van der Waals surface area contributed by atoms with Gasteiger partial charge in [0.15, 0.2) is 0 Å². The Labute approximate surface area is 142 Å². The van der Waals surface area contributed by atoms with Gasteiger partial charge in [-0.3, -0.25) is 4.79 Å². The van der Waals surface area contributed by atoms with Crippen molar-refractivity contribution in [3.63, 3.8) is 0 Å². The van der Waals surface area contributed by atoms with E-state index in [2.05, 4.69) is 10.6 Å². The van der Waals surface area contributed by atoms with Crippen molar-refractivity contribution in [3.8, 4) is 0 Å². The fourth-order valence-electron chi connectivity index (χ4n) is 2.32. The quantitative estimate of drug-likeness (QED) is 0.680. The zero-order valence-corrected chi connectivity index (χ0v) is 13.8. The fourth-order valence-corrected chi connectivity index (χ4v) is 3.37. The Morgan fingerprint density at radius 2 is 2.08 bits per heavy atom. The van der Waals surface area contributed by atoms with Crippen LogP contribution in [0.1, 0.15) is 11.0 Å². The second kappa shape index (κ2) is 6.86. The van der Waals surface area contributed by atoms with Crippen LogP contribution in [0.15, 0.2) is 53.5 Å². The number of urea groups is 1. The third kappa shape index (κ3) is 3.47. The van der Waals surface area contributed by atoms with E-state index in [1.54, 1.807) is 19.3 Å². The number of rotatable bonds is 4. The first-order chi connectivity index (χ1) is 11.5. The lowest BCUT2D eigenvalue weighted by molar-refractivity contribution is 0.178. The van der Waals surface area contributed by atoms with E-state index in [1.165, 1.54) is 22.0 Å². The van der Waals surface area contributed by atoms with E-state index in [-0.39, 0.29) is 17.8 Å². The van der Waals surface area contributed by atoms with E-state index in [0.717, 1.165) is 15.0 Å². The summed E-state index contributed by atoms with van der Waals surface area (Å²) in [5.41, 5.74) is -0.105. The summed E-state index contributed by atoms with van der Waals surface area (Å²) in [4.78, 5) is 24.5. The topological polar surface area (TPSA) is 83.4 Å².